The molecule has 1 fully saturated rings. The van der Waals surface area contributed by atoms with Crippen molar-refractivity contribution in [2.75, 3.05) is 38.5 Å². The zero-order valence-electron chi connectivity index (χ0n) is 16.9. The number of likely N-dealkylation sites (tertiary alicyclic amines) is 1. The zero-order valence-corrected chi connectivity index (χ0v) is 16.9. The van der Waals surface area contributed by atoms with E-state index in [0.717, 1.165) is 30.7 Å². The quantitative estimate of drug-likeness (QED) is 0.480. The highest BCUT2D eigenvalue weighted by Gasteiger charge is 2.19. The molecule has 7 heteroatoms. The summed E-state index contributed by atoms with van der Waals surface area (Å²) in [6.45, 7) is 7.84. The van der Waals surface area contributed by atoms with Crippen LogP contribution in [0.2, 0.25) is 0 Å². The van der Waals surface area contributed by atoms with Crippen LogP contribution >= 0.6 is 0 Å². The Kier molecular flexibility index (Phi) is 9.04. The van der Waals surface area contributed by atoms with Gasteiger partial charge in [-0.15, -0.1) is 0 Å². The van der Waals surface area contributed by atoms with Crippen molar-refractivity contribution in [2.45, 2.75) is 52.0 Å². The molecular weight excluding hydrogens is 340 g/mol. The fourth-order valence-corrected chi connectivity index (χ4v) is 3.40. The normalized spacial score (nSPS) is 18.2. The van der Waals surface area contributed by atoms with Gasteiger partial charge < -0.3 is 16.0 Å². The number of hydrogen-bond donors (Lipinski definition) is 3. The third-order valence-electron chi connectivity index (χ3n) is 4.96. The van der Waals surface area contributed by atoms with Crippen LogP contribution < -0.4 is 16.0 Å². The van der Waals surface area contributed by atoms with Crippen LogP contribution in [0.15, 0.2) is 23.3 Å². The SMILES string of the molecule is CCC1CCCCN1CCNC(=NC)NCCC(=O)Nc1ccc(C)cn1. The molecule has 0 aromatic carbocycles. The standard InChI is InChI=1S/C20H34N6O/c1-4-17-7-5-6-13-26(17)14-12-23-20(21-3)22-11-10-19(27)25-18-9-8-16(2)15-24-18/h8-9,15,17H,4-7,10-14H2,1-3H3,(H2,21,22,23)(H,24,25,27). The Morgan fingerprint density at radius 2 is 2.11 bits per heavy atom. The second kappa shape index (κ2) is 11.5. The summed E-state index contributed by atoms with van der Waals surface area (Å²) >= 11 is 0. The zero-order chi connectivity index (χ0) is 19.5. The number of aromatic nitrogens is 1. The molecule has 2 rings (SSSR count). The number of hydrogen-bond acceptors (Lipinski definition) is 4. The Bertz CT molecular complexity index is 601. The molecule has 1 amide bonds. The summed E-state index contributed by atoms with van der Waals surface area (Å²) in [4.78, 5) is 23.0. The maximum Gasteiger partial charge on any atom is 0.227 e. The highest BCUT2D eigenvalue weighted by molar-refractivity contribution is 5.90. The fraction of sp³-hybridized carbons (Fsp3) is 0.650. The number of carbonyl (C=O) groups excluding carboxylic acids is 1. The minimum absolute atomic E-state index is 0.0617. The van der Waals surface area contributed by atoms with Crippen molar-refractivity contribution in [2.24, 2.45) is 4.99 Å². The van der Waals surface area contributed by atoms with E-state index >= 15 is 0 Å². The van der Waals surface area contributed by atoms with Gasteiger partial charge in [0.15, 0.2) is 5.96 Å². The lowest BCUT2D eigenvalue weighted by Crippen LogP contribution is -2.46. The molecule has 150 valence electrons. The predicted molar refractivity (Wildman–Crippen MR) is 111 cm³/mol. The van der Waals surface area contributed by atoms with Crippen LogP contribution in [0.3, 0.4) is 0 Å². The topological polar surface area (TPSA) is 81.6 Å². The van der Waals surface area contributed by atoms with Crippen LogP contribution in [-0.4, -0.2) is 61.0 Å². The van der Waals surface area contributed by atoms with Gasteiger partial charge in [-0.3, -0.25) is 14.7 Å². The number of piperidine rings is 1. The molecule has 2 heterocycles. The maximum atomic E-state index is 12.0. The van der Waals surface area contributed by atoms with E-state index in [4.69, 9.17) is 0 Å². The van der Waals surface area contributed by atoms with E-state index in [9.17, 15) is 4.79 Å². The highest BCUT2D eigenvalue weighted by Crippen LogP contribution is 2.18. The molecule has 0 aliphatic carbocycles. The van der Waals surface area contributed by atoms with Crippen molar-refractivity contribution in [3.05, 3.63) is 23.9 Å². The molecule has 7 nitrogen and oxygen atoms in total. The molecule has 0 saturated carbocycles. The first-order chi connectivity index (χ1) is 13.1. The van der Waals surface area contributed by atoms with Gasteiger partial charge in [0.2, 0.25) is 5.91 Å². The molecule has 0 spiro atoms. The van der Waals surface area contributed by atoms with Crippen molar-refractivity contribution >= 4 is 17.7 Å². The molecule has 1 saturated heterocycles. The van der Waals surface area contributed by atoms with E-state index in [1.165, 1.54) is 32.2 Å². The summed E-state index contributed by atoms with van der Waals surface area (Å²) in [5, 5.41) is 9.34. The third kappa shape index (κ3) is 7.54. The van der Waals surface area contributed by atoms with E-state index in [-0.39, 0.29) is 5.91 Å². The van der Waals surface area contributed by atoms with Crippen LogP contribution in [0.4, 0.5) is 5.82 Å². The summed E-state index contributed by atoms with van der Waals surface area (Å²) < 4.78 is 0. The van der Waals surface area contributed by atoms with Gasteiger partial charge in [-0.2, -0.15) is 0 Å². The highest BCUT2D eigenvalue weighted by atomic mass is 16.1. The molecule has 0 radical (unpaired) electrons. The molecule has 1 aliphatic heterocycles. The van der Waals surface area contributed by atoms with E-state index in [1.807, 2.05) is 19.1 Å². The van der Waals surface area contributed by atoms with Crippen molar-refractivity contribution < 1.29 is 4.79 Å². The lowest BCUT2D eigenvalue weighted by molar-refractivity contribution is -0.116. The minimum atomic E-state index is -0.0617. The number of guanidine groups is 1. The number of nitrogens with one attached hydrogen (secondary N) is 3. The van der Waals surface area contributed by atoms with Crippen LogP contribution in [0, 0.1) is 6.92 Å². The predicted octanol–water partition coefficient (Wildman–Crippen LogP) is 2.15. The smallest absolute Gasteiger partial charge is 0.227 e. The summed E-state index contributed by atoms with van der Waals surface area (Å²) in [7, 11) is 1.75. The largest absolute Gasteiger partial charge is 0.356 e. The number of aliphatic imine (C=N–C) groups is 1. The van der Waals surface area contributed by atoms with Gasteiger partial charge in [-0.1, -0.05) is 19.4 Å². The monoisotopic (exact) mass is 374 g/mol. The average molecular weight is 375 g/mol. The number of anilines is 1. The van der Waals surface area contributed by atoms with E-state index in [0.29, 0.717) is 18.8 Å². The van der Waals surface area contributed by atoms with Crippen molar-refractivity contribution in [1.29, 1.82) is 0 Å². The molecule has 0 bridgehead atoms. The van der Waals surface area contributed by atoms with Gasteiger partial charge in [0.1, 0.15) is 5.82 Å². The van der Waals surface area contributed by atoms with E-state index in [1.54, 1.807) is 13.2 Å². The Hall–Kier alpha value is -2.15. The number of aryl methyl sites for hydroxylation is 1. The van der Waals surface area contributed by atoms with Crippen LogP contribution in [0.5, 0.6) is 0 Å². The summed E-state index contributed by atoms with van der Waals surface area (Å²) in [5.74, 6) is 1.26. The number of pyridine rings is 1. The van der Waals surface area contributed by atoms with Crippen LogP contribution in [-0.2, 0) is 4.79 Å². The molecule has 1 aromatic rings. The Balaban J connectivity index is 1.63. The van der Waals surface area contributed by atoms with Crippen molar-refractivity contribution in [3.8, 4) is 0 Å². The molecule has 1 aliphatic rings. The molecule has 1 atom stereocenters. The first-order valence-electron chi connectivity index (χ1n) is 10.0. The van der Waals surface area contributed by atoms with Crippen LogP contribution in [0.25, 0.3) is 0 Å². The number of nitrogens with zero attached hydrogens (tertiary/aromatic N) is 3. The van der Waals surface area contributed by atoms with Crippen LogP contribution in [0.1, 0.15) is 44.6 Å². The van der Waals surface area contributed by atoms with Gasteiger partial charge in [0.05, 0.1) is 0 Å². The average Bonchev–Trinajstić information content (AvgIpc) is 2.69. The van der Waals surface area contributed by atoms with Gasteiger partial charge >= 0.3 is 0 Å². The van der Waals surface area contributed by atoms with Gasteiger partial charge in [-0.25, -0.2) is 4.98 Å². The lowest BCUT2D eigenvalue weighted by Gasteiger charge is -2.35. The first-order valence-corrected chi connectivity index (χ1v) is 10.0. The lowest BCUT2D eigenvalue weighted by atomic mass is 10.0. The first kappa shape index (κ1) is 21.2. The summed E-state index contributed by atoms with van der Waals surface area (Å²) in [5.41, 5.74) is 1.07. The molecule has 1 unspecified atom stereocenters. The van der Waals surface area contributed by atoms with Gasteiger partial charge in [0, 0.05) is 45.3 Å². The number of rotatable bonds is 8. The molecule has 1 aromatic heterocycles. The summed E-state index contributed by atoms with van der Waals surface area (Å²) in [6.07, 6.45) is 7.29. The maximum absolute atomic E-state index is 12.0. The van der Waals surface area contributed by atoms with Crippen molar-refractivity contribution in [1.82, 2.24) is 20.5 Å². The Morgan fingerprint density at radius 1 is 1.30 bits per heavy atom. The Morgan fingerprint density at radius 3 is 2.81 bits per heavy atom. The number of amides is 1. The second-order valence-electron chi connectivity index (χ2n) is 7.04. The van der Waals surface area contributed by atoms with E-state index in [2.05, 4.69) is 37.8 Å². The molecule has 3 N–H and O–H groups in total. The minimum Gasteiger partial charge on any atom is -0.356 e. The number of carbonyl (C=O) groups is 1. The third-order valence-corrected chi connectivity index (χ3v) is 4.96. The van der Waals surface area contributed by atoms with E-state index < -0.39 is 0 Å². The summed E-state index contributed by atoms with van der Waals surface area (Å²) in [6, 6.07) is 4.46. The fourth-order valence-electron chi connectivity index (χ4n) is 3.40. The van der Waals surface area contributed by atoms with Crippen molar-refractivity contribution in [3.63, 3.8) is 0 Å². The molecular formula is C20H34N6O. The van der Waals surface area contributed by atoms with Gasteiger partial charge in [0.25, 0.3) is 0 Å². The Labute approximate surface area is 163 Å². The van der Waals surface area contributed by atoms with Gasteiger partial charge in [-0.05, 0) is 44.4 Å². The second-order valence-corrected chi connectivity index (χ2v) is 7.04. The molecule has 27 heavy (non-hydrogen) atoms.